The van der Waals surface area contributed by atoms with Crippen LogP contribution in [0.2, 0.25) is 0 Å². The lowest BCUT2D eigenvalue weighted by molar-refractivity contribution is -0.243. The van der Waals surface area contributed by atoms with E-state index < -0.39 is 0 Å². The topological polar surface area (TPSA) is 40.1 Å². The van der Waals surface area contributed by atoms with Crippen LogP contribution in [0, 0.1) is 0 Å². The number of carbonyl (C=O) groups is 1. The minimum atomic E-state index is -0.248. The van der Waals surface area contributed by atoms with Crippen molar-refractivity contribution in [1.29, 1.82) is 0 Å². The van der Waals surface area contributed by atoms with Gasteiger partial charge < -0.3 is 5.11 Å². The predicted octanol–water partition coefficient (Wildman–Crippen LogP) is 2.64. The molecule has 0 aliphatic carbocycles. The summed E-state index contributed by atoms with van der Waals surface area (Å²) in [6.45, 7) is 1.38. The minimum Gasteiger partial charge on any atom is -0.872 e. The Hall–Kier alpha value is -2.35. The normalized spacial score (nSPS) is 11.3. The lowest BCUT2D eigenvalue weighted by atomic mass is 9.98. The summed E-state index contributed by atoms with van der Waals surface area (Å²) in [5.74, 6) is -0.482. The van der Waals surface area contributed by atoms with Gasteiger partial charge in [0.2, 0.25) is 0 Å². The summed E-state index contributed by atoms with van der Waals surface area (Å²) in [5, 5.41) is 12.0. The molecule has 0 aliphatic rings. The maximum atomic E-state index is 12.0. The van der Waals surface area contributed by atoms with Crippen molar-refractivity contribution in [3.8, 4) is 11.1 Å². The Morgan fingerprint density at radius 3 is 2.28 bits per heavy atom. The van der Waals surface area contributed by atoms with Crippen LogP contribution in [-0.2, 0) is 4.79 Å². The molecular weight excluding hydrogens is 224 g/mol. The first-order valence-corrected chi connectivity index (χ1v) is 5.72. The van der Waals surface area contributed by atoms with Crippen LogP contribution in [0.25, 0.3) is 16.9 Å². The quantitative estimate of drug-likeness (QED) is 0.608. The predicted molar refractivity (Wildman–Crippen MR) is 70.5 cm³/mol. The number of benzene rings is 2. The van der Waals surface area contributed by atoms with Crippen LogP contribution in [0.5, 0.6) is 0 Å². The molecule has 2 heteroatoms. The molecule has 0 amide bonds. The monoisotopic (exact) mass is 237 g/mol. The Kier molecular flexibility index (Phi) is 3.58. The van der Waals surface area contributed by atoms with Gasteiger partial charge in [0.15, 0.2) is 5.78 Å². The fraction of sp³-hybridized carbons (Fsp3) is 0.0625. The third kappa shape index (κ3) is 2.66. The number of rotatable bonds is 3. The molecule has 0 atom stereocenters. The van der Waals surface area contributed by atoms with Crippen molar-refractivity contribution in [3.05, 3.63) is 66.2 Å². The highest BCUT2D eigenvalue weighted by Gasteiger charge is 2.03. The van der Waals surface area contributed by atoms with Gasteiger partial charge in [0.05, 0.1) is 0 Å². The van der Waals surface area contributed by atoms with Gasteiger partial charge in [0.25, 0.3) is 0 Å². The highest BCUT2D eigenvalue weighted by Crippen LogP contribution is 2.26. The van der Waals surface area contributed by atoms with E-state index in [0.29, 0.717) is 5.56 Å². The van der Waals surface area contributed by atoms with Gasteiger partial charge in [-0.05, 0) is 29.7 Å². The molecular formula is C16H13O2-. The van der Waals surface area contributed by atoms with Crippen LogP contribution in [0.4, 0.5) is 0 Å². The molecule has 90 valence electrons. The summed E-state index contributed by atoms with van der Waals surface area (Å²) in [6, 6.07) is 17.0. The van der Waals surface area contributed by atoms with E-state index in [4.69, 9.17) is 0 Å². The van der Waals surface area contributed by atoms with Gasteiger partial charge in [-0.2, -0.15) is 0 Å². The zero-order chi connectivity index (χ0) is 13.0. The molecule has 2 aromatic carbocycles. The molecule has 0 fully saturated rings. The van der Waals surface area contributed by atoms with Gasteiger partial charge in [-0.3, -0.25) is 4.79 Å². The first kappa shape index (κ1) is 12.1. The summed E-state index contributed by atoms with van der Waals surface area (Å²) in [4.78, 5) is 11.0. The summed E-state index contributed by atoms with van der Waals surface area (Å²) in [5.41, 5.74) is 2.37. The summed E-state index contributed by atoms with van der Waals surface area (Å²) in [6.07, 6.45) is 1.13. The minimum absolute atomic E-state index is 0.233. The van der Waals surface area contributed by atoms with Crippen molar-refractivity contribution in [2.24, 2.45) is 0 Å². The van der Waals surface area contributed by atoms with Crippen LogP contribution in [0.1, 0.15) is 12.5 Å². The van der Waals surface area contributed by atoms with Crippen molar-refractivity contribution in [3.63, 3.8) is 0 Å². The van der Waals surface area contributed by atoms with E-state index in [-0.39, 0.29) is 11.5 Å². The molecule has 0 saturated carbocycles. The Morgan fingerprint density at radius 2 is 1.61 bits per heavy atom. The smallest absolute Gasteiger partial charge is 0.152 e. The first-order chi connectivity index (χ1) is 8.68. The van der Waals surface area contributed by atoms with Gasteiger partial charge in [-0.25, -0.2) is 0 Å². The largest absolute Gasteiger partial charge is 0.872 e. The molecule has 0 radical (unpaired) electrons. The lowest BCUT2D eigenvalue weighted by Gasteiger charge is -2.16. The molecule has 0 bridgehead atoms. The molecule has 0 N–H and O–H groups in total. The fourth-order valence-electron chi connectivity index (χ4n) is 1.83. The van der Waals surface area contributed by atoms with Crippen molar-refractivity contribution < 1.29 is 9.90 Å². The van der Waals surface area contributed by atoms with Crippen molar-refractivity contribution in [1.82, 2.24) is 0 Å². The van der Waals surface area contributed by atoms with Crippen molar-refractivity contribution in [2.75, 3.05) is 0 Å². The van der Waals surface area contributed by atoms with Gasteiger partial charge in [-0.1, -0.05) is 60.4 Å². The third-order valence-electron chi connectivity index (χ3n) is 2.61. The molecule has 0 saturated heterocycles. The van der Waals surface area contributed by atoms with Crippen LogP contribution >= 0.6 is 0 Å². The molecule has 0 heterocycles. The highest BCUT2D eigenvalue weighted by atomic mass is 16.3. The van der Waals surface area contributed by atoms with Gasteiger partial charge in [-0.15, -0.1) is 0 Å². The maximum absolute atomic E-state index is 12.0. The van der Waals surface area contributed by atoms with E-state index in [1.54, 1.807) is 12.1 Å². The van der Waals surface area contributed by atoms with E-state index in [0.717, 1.165) is 17.2 Å². The van der Waals surface area contributed by atoms with E-state index in [9.17, 15) is 9.90 Å². The van der Waals surface area contributed by atoms with Gasteiger partial charge >= 0.3 is 0 Å². The molecule has 0 unspecified atom stereocenters. The second-order valence-electron chi connectivity index (χ2n) is 4.03. The summed E-state index contributed by atoms with van der Waals surface area (Å²) in [7, 11) is 0. The van der Waals surface area contributed by atoms with Crippen LogP contribution in [0.15, 0.2) is 60.7 Å². The number of ketones is 1. The Balaban J connectivity index is 2.54. The first-order valence-electron chi connectivity index (χ1n) is 5.72. The standard InChI is InChI=1S/C16H14O2/c1-12(17)11-16(18)15-10-6-5-9-14(15)13-7-3-2-4-8-13/h2-11,18H,1H3/p-1/b16-11-. The molecule has 2 rings (SSSR count). The lowest BCUT2D eigenvalue weighted by Crippen LogP contribution is -2.05. The van der Waals surface area contributed by atoms with E-state index in [1.165, 1.54) is 6.92 Å². The highest BCUT2D eigenvalue weighted by molar-refractivity contribution is 5.94. The fourth-order valence-corrected chi connectivity index (χ4v) is 1.83. The average molecular weight is 237 g/mol. The SMILES string of the molecule is CC(=O)/C=C(\[O-])c1ccccc1-c1ccccc1. The van der Waals surface area contributed by atoms with Crippen LogP contribution in [-0.4, -0.2) is 5.78 Å². The van der Waals surface area contributed by atoms with Gasteiger partial charge in [0.1, 0.15) is 0 Å². The van der Waals surface area contributed by atoms with Crippen molar-refractivity contribution in [2.45, 2.75) is 6.92 Å². The van der Waals surface area contributed by atoms with Crippen molar-refractivity contribution >= 4 is 11.5 Å². The van der Waals surface area contributed by atoms with Crippen LogP contribution < -0.4 is 5.11 Å². The Morgan fingerprint density at radius 1 is 1.00 bits per heavy atom. The molecule has 18 heavy (non-hydrogen) atoms. The molecule has 0 spiro atoms. The third-order valence-corrected chi connectivity index (χ3v) is 2.61. The number of hydrogen-bond acceptors (Lipinski definition) is 2. The Labute approximate surface area is 106 Å². The van der Waals surface area contributed by atoms with E-state index in [1.807, 2.05) is 42.5 Å². The molecule has 0 aliphatic heterocycles. The maximum Gasteiger partial charge on any atom is 0.152 e. The zero-order valence-corrected chi connectivity index (χ0v) is 10.1. The Bertz CT molecular complexity index is 583. The number of carbonyl (C=O) groups excluding carboxylic acids is 1. The second kappa shape index (κ2) is 5.32. The molecule has 2 aromatic rings. The summed E-state index contributed by atoms with van der Waals surface area (Å²) < 4.78 is 0. The summed E-state index contributed by atoms with van der Waals surface area (Å²) >= 11 is 0. The van der Waals surface area contributed by atoms with E-state index >= 15 is 0 Å². The second-order valence-corrected chi connectivity index (χ2v) is 4.03. The zero-order valence-electron chi connectivity index (χ0n) is 10.1. The van der Waals surface area contributed by atoms with Gasteiger partial charge in [0, 0.05) is 0 Å². The molecule has 0 aromatic heterocycles. The average Bonchev–Trinajstić information content (AvgIpc) is 2.39. The number of hydrogen-bond donors (Lipinski definition) is 0. The number of allylic oxidation sites excluding steroid dienone is 1. The molecule has 2 nitrogen and oxygen atoms in total. The van der Waals surface area contributed by atoms with E-state index in [2.05, 4.69) is 0 Å². The van der Waals surface area contributed by atoms with Crippen LogP contribution in [0.3, 0.4) is 0 Å².